The number of hydrogen-bond donors (Lipinski definition) is 1. The summed E-state index contributed by atoms with van der Waals surface area (Å²) in [6, 6.07) is 1.81. The number of carbonyl (C=O) groups excluding carboxylic acids is 1. The van der Waals surface area contributed by atoms with Crippen molar-refractivity contribution in [1.29, 1.82) is 0 Å². The highest BCUT2D eigenvalue weighted by Gasteiger charge is 2.29. The maximum absolute atomic E-state index is 13.6. The zero-order chi connectivity index (χ0) is 14.0. The average Bonchev–Trinajstić information content (AvgIpc) is 2.44. The van der Waals surface area contributed by atoms with Crippen LogP contribution in [0.15, 0.2) is 12.1 Å². The first-order chi connectivity index (χ1) is 9.04. The van der Waals surface area contributed by atoms with Crippen molar-refractivity contribution in [3.8, 4) is 0 Å². The van der Waals surface area contributed by atoms with Crippen LogP contribution in [0.4, 0.5) is 13.2 Å². The Morgan fingerprint density at radius 1 is 1.11 bits per heavy atom. The first kappa shape index (κ1) is 14.1. The number of Topliss-reactive ketones (excluding diaryl/α,β-unsaturated/α-hetero) is 1. The third-order valence-corrected chi connectivity index (χ3v) is 3.85. The molecule has 2 N–H and O–H groups in total. The van der Waals surface area contributed by atoms with Crippen LogP contribution in [0.5, 0.6) is 0 Å². The number of halogens is 3. The summed E-state index contributed by atoms with van der Waals surface area (Å²) in [7, 11) is 0. The van der Waals surface area contributed by atoms with E-state index < -0.39 is 23.2 Å². The Kier molecular flexibility index (Phi) is 4.24. The fourth-order valence-electron chi connectivity index (χ4n) is 2.60. The first-order valence-electron chi connectivity index (χ1n) is 6.42. The molecule has 1 aliphatic carbocycles. The Labute approximate surface area is 109 Å². The topological polar surface area (TPSA) is 43.1 Å². The van der Waals surface area contributed by atoms with Crippen LogP contribution in [0.25, 0.3) is 0 Å². The Morgan fingerprint density at radius 3 is 2.32 bits per heavy atom. The van der Waals surface area contributed by atoms with E-state index in [0.717, 1.165) is 25.0 Å². The molecule has 0 aromatic heterocycles. The summed E-state index contributed by atoms with van der Waals surface area (Å²) >= 11 is 0. The molecule has 1 saturated carbocycles. The molecule has 0 bridgehead atoms. The molecular weight excluding hydrogens is 255 g/mol. The lowest BCUT2D eigenvalue weighted by Gasteiger charge is -2.26. The highest BCUT2D eigenvalue weighted by atomic mass is 19.2. The third kappa shape index (κ3) is 2.81. The van der Waals surface area contributed by atoms with E-state index in [2.05, 4.69) is 0 Å². The molecule has 0 radical (unpaired) electrons. The molecule has 0 atom stereocenters. The second kappa shape index (κ2) is 5.74. The van der Waals surface area contributed by atoms with Crippen LogP contribution in [-0.4, -0.2) is 12.3 Å². The molecule has 2 rings (SSSR count). The number of carbonyl (C=O) groups is 1. The Balaban J connectivity index is 2.15. The zero-order valence-electron chi connectivity index (χ0n) is 10.5. The van der Waals surface area contributed by atoms with Crippen molar-refractivity contribution in [2.45, 2.75) is 25.7 Å². The van der Waals surface area contributed by atoms with Gasteiger partial charge in [0.05, 0.1) is 5.56 Å². The van der Waals surface area contributed by atoms with Crippen LogP contribution in [0.3, 0.4) is 0 Å². The number of benzene rings is 1. The molecule has 5 heteroatoms. The Morgan fingerprint density at radius 2 is 1.74 bits per heavy atom. The van der Waals surface area contributed by atoms with Gasteiger partial charge in [-0.25, -0.2) is 13.2 Å². The monoisotopic (exact) mass is 271 g/mol. The predicted octanol–water partition coefficient (Wildman–Crippen LogP) is 3.05. The SMILES string of the molecule is NCC1CCC(C(=O)c2ccc(F)c(F)c2F)CC1. The predicted molar refractivity (Wildman–Crippen MR) is 65.1 cm³/mol. The van der Waals surface area contributed by atoms with E-state index in [1.165, 1.54) is 0 Å². The molecule has 1 aromatic carbocycles. The molecule has 19 heavy (non-hydrogen) atoms. The Hall–Kier alpha value is -1.36. The Bertz CT molecular complexity index is 482. The van der Waals surface area contributed by atoms with E-state index >= 15 is 0 Å². The largest absolute Gasteiger partial charge is 0.330 e. The highest BCUT2D eigenvalue weighted by molar-refractivity contribution is 5.98. The van der Waals surface area contributed by atoms with Crippen molar-refractivity contribution in [3.05, 3.63) is 35.1 Å². The van der Waals surface area contributed by atoms with E-state index in [1.807, 2.05) is 0 Å². The van der Waals surface area contributed by atoms with Crippen LogP contribution in [0.2, 0.25) is 0 Å². The minimum absolute atomic E-state index is 0.317. The molecule has 0 amide bonds. The number of hydrogen-bond acceptors (Lipinski definition) is 2. The quantitative estimate of drug-likeness (QED) is 0.678. The maximum Gasteiger partial charge on any atom is 0.195 e. The summed E-state index contributed by atoms with van der Waals surface area (Å²) in [6.07, 6.45) is 2.88. The average molecular weight is 271 g/mol. The van der Waals surface area contributed by atoms with Crippen molar-refractivity contribution in [1.82, 2.24) is 0 Å². The molecular formula is C14H16F3NO. The molecule has 0 aliphatic heterocycles. The minimum atomic E-state index is -1.58. The molecule has 0 saturated heterocycles. The molecule has 2 nitrogen and oxygen atoms in total. The molecule has 1 fully saturated rings. The summed E-state index contributed by atoms with van der Waals surface area (Å²) < 4.78 is 39.5. The number of rotatable bonds is 3. The second-order valence-corrected chi connectivity index (χ2v) is 5.04. The van der Waals surface area contributed by atoms with Gasteiger partial charge in [0.1, 0.15) is 0 Å². The van der Waals surface area contributed by atoms with Crippen molar-refractivity contribution >= 4 is 5.78 Å². The zero-order valence-corrected chi connectivity index (χ0v) is 10.5. The number of ketones is 1. The summed E-state index contributed by atoms with van der Waals surface area (Å²) in [4.78, 5) is 12.1. The van der Waals surface area contributed by atoms with Crippen molar-refractivity contribution in [2.24, 2.45) is 17.6 Å². The van der Waals surface area contributed by atoms with Crippen LogP contribution < -0.4 is 5.73 Å². The van der Waals surface area contributed by atoms with E-state index in [4.69, 9.17) is 5.73 Å². The van der Waals surface area contributed by atoms with Crippen molar-refractivity contribution < 1.29 is 18.0 Å². The fourth-order valence-corrected chi connectivity index (χ4v) is 2.60. The standard InChI is InChI=1S/C14H16F3NO/c15-11-6-5-10(12(16)13(11)17)14(19)9-3-1-8(7-18)2-4-9/h5-6,8-9H,1-4,7,18H2. The summed E-state index contributed by atoms with van der Waals surface area (Å²) in [6.45, 7) is 0.584. The van der Waals surface area contributed by atoms with Crippen LogP contribution in [0.1, 0.15) is 36.0 Å². The van der Waals surface area contributed by atoms with Gasteiger partial charge in [-0.3, -0.25) is 4.79 Å². The fraction of sp³-hybridized carbons (Fsp3) is 0.500. The van der Waals surface area contributed by atoms with Gasteiger partial charge in [0, 0.05) is 5.92 Å². The lowest BCUT2D eigenvalue weighted by Crippen LogP contribution is -2.26. The van der Waals surface area contributed by atoms with Crippen LogP contribution in [-0.2, 0) is 0 Å². The molecule has 0 heterocycles. The minimum Gasteiger partial charge on any atom is -0.330 e. The van der Waals surface area contributed by atoms with Gasteiger partial charge in [0.15, 0.2) is 23.2 Å². The van der Waals surface area contributed by atoms with E-state index in [-0.39, 0.29) is 11.5 Å². The first-order valence-corrected chi connectivity index (χ1v) is 6.42. The number of nitrogens with two attached hydrogens (primary N) is 1. The van der Waals surface area contributed by atoms with Crippen molar-refractivity contribution in [3.63, 3.8) is 0 Å². The normalized spacial score (nSPS) is 23.4. The highest BCUT2D eigenvalue weighted by Crippen LogP contribution is 2.31. The summed E-state index contributed by atoms with van der Waals surface area (Å²) in [5, 5.41) is 0. The summed E-state index contributed by atoms with van der Waals surface area (Å²) in [5.74, 6) is -4.60. The second-order valence-electron chi connectivity index (χ2n) is 5.04. The molecule has 1 aliphatic rings. The van der Waals surface area contributed by atoms with E-state index in [1.54, 1.807) is 0 Å². The molecule has 1 aromatic rings. The van der Waals surface area contributed by atoms with Gasteiger partial charge in [-0.1, -0.05) is 0 Å². The lowest BCUT2D eigenvalue weighted by molar-refractivity contribution is 0.0868. The van der Waals surface area contributed by atoms with E-state index in [9.17, 15) is 18.0 Å². The van der Waals surface area contributed by atoms with Gasteiger partial charge in [0.2, 0.25) is 0 Å². The smallest absolute Gasteiger partial charge is 0.195 e. The lowest BCUT2D eigenvalue weighted by atomic mass is 9.78. The third-order valence-electron chi connectivity index (χ3n) is 3.85. The molecule has 0 unspecified atom stereocenters. The molecule has 104 valence electrons. The van der Waals surface area contributed by atoms with E-state index in [0.29, 0.717) is 25.3 Å². The van der Waals surface area contributed by atoms with Gasteiger partial charge in [-0.15, -0.1) is 0 Å². The van der Waals surface area contributed by atoms with Gasteiger partial charge in [-0.2, -0.15) is 0 Å². The van der Waals surface area contributed by atoms with Crippen LogP contribution in [0, 0.1) is 29.3 Å². The summed E-state index contributed by atoms with van der Waals surface area (Å²) in [5.41, 5.74) is 5.21. The van der Waals surface area contributed by atoms with Gasteiger partial charge >= 0.3 is 0 Å². The van der Waals surface area contributed by atoms with Gasteiger partial charge in [0.25, 0.3) is 0 Å². The maximum atomic E-state index is 13.6. The van der Waals surface area contributed by atoms with Crippen LogP contribution >= 0.6 is 0 Å². The van der Waals surface area contributed by atoms with Gasteiger partial charge in [-0.05, 0) is 50.3 Å². The molecule has 0 spiro atoms. The van der Waals surface area contributed by atoms with Gasteiger partial charge < -0.3 is 5.73 Å². The van der Waals surface area contributed by atoms with Crippen molar-refractivity contribution in [2.75, 3.05) is 6.54 Å².